The monoisotopic (exact) mass is 318 g/mol. The van der Waals surface area contributed by atoms with Crippen LogP contribution in [0.25, 0.3) is 0 Å². The molecule has 5 heteroatoms. The number of aliphatic hydroxyl groups is 1. The first-order valence-electron chi connectivity index (χ1n) is 8.58. The van der Waals surface area contributed by atoms with Crippen LogP contribution in [0.2, 0.25) is 0 Å². The molecule has 1 aromatic carbocycles. The van der Waals surface area contributed by atoms with E-state index in [0.29, 0.717) is 25.7 Å². The number of nitrogens with one attached hydrogen (secondary N) is 1. The zero-order valence-electron chi connectivity index (χ0n) is 13.5. The molecule has 0 aromatic heterocycles. The van der Waals surface area contributed by atoms with E-state index in [2.05, 4.69) is 10.2 Å². The second-order valence-electron chi connectivity index (χ2n) is 6.53. The van der Waals surface area contributed by atoms with E-state index in [1.807, 2.05) is 30.3 Å². The van der Waals surface area contributed by atoms with Gasteiger partial charge in [0.1, 0.15) is 0 Å². The lowest BCUT2D eigenvalue weighted by Gasteiger charge is -2.25. The Morgan fingerprint density at radius 1 is 1.30 bits per heavy atom. The fourth-order valence-electron chi connectivity index (χ4n) is 3.06. The SMILES string of the molecule is O=C(CN(C[C@@H](O)c1ccccc1)C1CC1)NC[C@@H]1CCCO1. The normalized spacial score (nSPS) is 22.3. The third-order valence-corrected chi connectivity index (χ3v) is 4.55. The third-order valence-electron chi connectivity index (χ3n) is 4.55. The molecule has 1 aliphatic heterocycles. The smallest absolute Gasteiger partial charge is 0.234 e. The van der Waals surface area contributed by atoms with Crippen LogP contribution >= 0.6 is 0 Å². The maximum Gasteiger partial charge on any atom is 0.234 e. The molecule has 0 bridgehead atoms. The summed E-state index contributed by atoms with van der Waals surface area (Å²) in [6.45, 7) is 2.25. The van der Waals surface area contributed by atoms with Crippen molar-refractivity contribution in [3.8, 4) is 0 Å². The molecule has 1 saturated carbocycles. The maximum absolute atomic E-state index is 12.2. The van der Waals surface area contributed by atoms with E-state index in [4.69, 9.17) is 4.74 Å². The van der Waals surface area contributed by atoms with Crippen LogP contribution in [0, 0.1) is 0 Å². The summed E-state index contributed by atoms with van der Waals surface area (Å²) in [5.74, 6) is 0.0210. The lowest BCUT2D eigenvalue weighted by molar-refractivity contribution is -0.123. The summed E-state index contributed by atoms with van der Waals surface area (Å²) in [6, 6.07) is 10.1. The number of benzene rings is 1. The molecule has 126 valence electrons. The molecule has 2 atom stereocenters. The highest BCUT2D eigenvalue weighted by molar-refractivity contribution is 5.78. The molecular formula is C18H26N2O3. The number of ether oxygens (including phenoxy) is 1. The first kappa shape index (κ1) is 16.4. The van der Waals surface area contributed by atoms with Crippen molar-refractivity contribution in [2.24, 2.45) is 0 Å². The number of amides is 1. The van der Waals surface area contributed by atoms with Crippen LogP contribution in [0.3, 0.4) is 0 Å². The van der Waals surface area contributed by atoms with E-state index in [1.165, 1.54) is 0 Å². The van der Waals surface area contributed by atoms with Gasteiger partial charge in [0, 0.05) is 25.7 Å². The van der Waals surface area contributed by atoms with Gasteiger partial charge < -0.3 is 15.2 Å². The zero-order chi connectivity index (χ0) is 16.1. The molecule has 5 nitrogen and oxygen atoms in total. The van der Waals surface area contributed by atoms with Crippen molar-refractivity contribution >= 4 is 5.91 Å². The topological polar surface area (TPSA) is 61.8 Å². The summed E-state index contributed by atoms with van der Waals surface area (Å²) in [5, 5.41) is 13.4. The molecule has 1 saturated heterocycles. The van der Waals surface area contributed by atoms with E-state index in [9.17, 15) is 9.90 Å². The molecule has 2 aliphatic rings. The Morgan fingerprint density at radius 3 is 2.74 bits per heavy atom. The van der Waals surface area contributed by atoms with Crippen LogP contribution in [-0.4, -0.2) is 54.3 Å². The van der Waals surface area contributed by atoms with Gasteiger partial charge in [0.25, 0.3) is 0 Å². The Hall–Kier alpha value is -1.43. The number of hydrogen-bond acceptors (Lipinski definition) is 4. The van der Waals surface area contributed by atoms with E-state index in [1.54, 1.807) is 0 Å². The first-order valence-corrected chi connectivity index (χ1v) is 8.58. The second kappa shape index (κ2) is 7.90. The Balaban J connectivity index is 1.47. The Bertz CT molecular complexity index is 498. The van der Waals surface area contributed by atoms with Crippen LogP contribution in [0.4, 0.5) is 0 Å². The van der Waals surface area contributed by atoms with Gasteiger partial charge in [-0.3, -0.25) is 9.69 Å². The van der Waals surface area contributed by atoms with Gasteiger partial charge in [-0.05, 0) is 31.2 Å². The highest BCUT2D eigenvalue weighted by Crippen LogP contribution is 2.28. The molecule has 0 radical (unpaired) electrons. The van der Waals surface area contributed by atoms with Gasteiger partial charge >= 0.3 is 0 Å². The highest BCUT2D eigenvalue weighted by Gasteiger charge is 2.32. The molecule has 0 unspecified atom stereocenters. The molecule has 2 fully saturated rings. The molecule has 2 N–H and O–H groups in total. The number of carbonyl (C=O) groups excluding carboxylic acids is 1. The van der Waals surface area contributed by atoms with Gasteiger partial charge in [-0.25, -0.2) is 0 Å². The van der Waals surface area contributed by atoms with Gasteiger partial charge in [0.05, 0.1) is 18.8 Å². The van der Waals surface area contributed by atoms with Crippen LogP contribution in [-0.2, 0) is 9.53 Å². The molecular weight excluding hydrogens is 292 g/mol. The predicted octanol–water partition coefficient (Wildman–Crippen LogP) is 1.48. The Labute approximate surface area is 137 Å². The van der Waals surface area contributed by atoms with Crippen molar-refractivity contribution in [2.75, 3.05) is 26.2 Å². The van der Waals surface area contributed by atoms with E-state index in [-0.39, 0.29) is 12.0 Å². The van der Waals surface area contributed by atoms with Crippen molar-refractivity contribution in [1.82, 2.24) is 10.2 Å². The highest BCUT2D eigenvalue weighted by atomic mass is 16.5. The fraction of sp³-hybridized carbons (Fsp3) is 0.611. The number of hydrogen-bond donors (Lipinski definition) is 2. The molecule has 0 spiro atoms. The number of rotatable bonds is 8. The average Bonchev–Trinajstić information content (AvgIpc) is 3.29. The summed E-state index contributed by atoms with van der Waals surface area (Å²) in [7, 11) is 0. The largest absolute Gasteiger partial charge is 0.387 e. The molecule has 23 heavy (non-hydrogen) atoms. The van der Waals surface area contributed by atoms with Crippen molar-refractivity contribution in [1.29, 1.82) is 0 Å². The van der Waals surface area contributed by atoms with E-state index < -0.39 is 6.10 Å². The number of aliphatic hydroxyl groups excluding tert-OH is 1. The summed E-state index contributed by atoms with van der Waals surface area (Å²) in [5.41, 5.74) is 0.901. The van der Waals surface area contributed by atoms with Crippen LogP contribution in [0.5, 0.6) is 0 Å². The zero-order valence-corrected chi connectivity index (χ0v) is 13.5. The van der Waals surface area contributed by atoms with Crippen LogP contribution in [0.15, 0.2) is 30.3 Å². The van der Waals surface area contributed by atoms with Gasteiger partial charge in [0.2, 0.25) is 5.91 Å². The Kier molecular flexibility index (Phi) is 5.65. The third kappa shape index (κ3) is 5.03. The lowest BCUT2D eigenvalue weighted by atomic mass is 10.1. The summed E-state index contributed by atoms with van der Waals surface area (Å²) in [4.78, 5) is 14.3. The summed E-state index contributed by atoms with van der Waals surface area (Å²) < 4.78 is 5.52. The first-order chi connectivity index (χ1) is 11.2. The van der Waals surface area contributed by atoms with Crippen molar-refractivity contribution in [3.05, 3.63) is 35.9 Å². The quantitative estimate of drug-likeness (QED) is 0.762. The van der Waals surface area contributed by atoms with E-state index in [0.717, 1.165) is 37.9 Å². The van der Waals surface area contributed by atoms with Crippen LogP contribution in [0.1, 0.15) is 37.4 Å². The van der Waals surface area contributed by atoms with Gasteiger partial charge in [-0.15, -0.1) is 0 Å². The summed E-state index contributed by atoms with van der Waals surface area (Å²) in [6.07, 6.45) is 3.95. The second-order valence-corrected chi connectivity index (χ2v) is 6.53. The minimum atomic E-state index is -0.553. The maximum atomic E-state index is 12.2. The predicted molar refractivity (Wildman–Crippen MR) is 88.0 cm³/mol. The van der Waals surface area contributed by atoms with Gasteiger partial charge in [-0.1, -0.05) is 30.3 Å². The molecule has 3 rings (SSSR count). The molecule has 1 amide bonds. The molecule has 1 aliphatic carbocycles. The minimum Gasteiger partial charge on any atom is -0.387 e. The van der Waals surface area contributed by atoms with Crippen molar-refractivity contribution in [2.45, 2.75) is 43.9 Å². The summed E-state index contributed by atoms with van der Waals surface area (Å²) >= 11 is 0. The number of carbonyl (C=O) groups is 1. The Morgan fingerprint density at radius 2 is 2.09 bits per heavy atom. The van der Waals surface area contributed by atoms with Crippen LogP contribution < -0.4 is 5.32 Å². The van der Waals surface area contributed by atoms with Gasteiger partial charge in [-0.2, -0.15) is 0 Å². The number of nitrogens with zero attached hydrogens (tertiary/aromatic N) is 1. The molecule has 1 aromatic rings. The van der Waals surface area contributed by atoms with E-state index >= 15 is 0 Å². The fourth-order valence-corrected chi connectivity index (χ4v) is 3.06. The minimum absolute atomic E-state index is 0.0210. The van der Waals surface area contributed by atoms with Crippen molar-refractivity contribution in [3.63, 3.8) is 0 Å². The van der Waals surface area contributed by atoms with Crippen molar-refractivity contribution < 1.29 is 14.6 Å². The lowest BCUT2D eigenvalue weighted by Crippen LogP contribution is -2.42. The van der Waals surface area contributed by atoms with Gasteiger partial charge in [0.15, 0.2) is 0 Å². The standard InChI is InChI=1S/C18H26N2O3/c21-17(14-5-2-1-3-6-14)12-20(15-8-9-15)13-18(22)19-11-16-7-4-10-23-16/h1-3,5-6,15-17,21H,4,7-13H2,(H,19,22)/t16-,17+/m0/s1. The molecule has 1 heterocycles. The average molecular weight is 318 g/mol.